The first-order valence-corrected chi connectivity index (χ1v) is 8.54. The van der Waals surface area contributed by atoms with Crippen molar-refractivity contribution >= 4 is 9.84 Å². The molecule has 0 saturated carbocycles. The second-order valence-corrected chi connectivity index (χ2v) is 7.03. The van der Waals surface area contributed by atoms with Crippen molar-refractivity contribution in [2.24, 2.45) is 0 Å². The third-order valence-corrected chi connectivity index (χ3v) is 5.62. The van der Waals surface area contributed by atoms with Crippen LogP contribution >= 0.6 is 0 Å². The predicted molar refractivity (Wildman–Crippen MR) is 82.3 cm³/mol. The first-order valence-electron chi connectivity index (χ1n) is 7.00. The fourth-order valence-electron chi connectivity index (χ4n) is 2.33. The minimum atomic E-state index is -3.33. The van der Waals surface area contributed by atoms with Crippen molar-refractivity contribution in [2.75, 3.05) is 0 Å². The van der Waals surface area contributed by atoms with Crippen LogP contribution in [0, 0.1) is 0 Å². The maximum absolute atomic E-state index is 12.8. The topological polar surface area (TPSA) is 34.1 Å². The number of unbranched alkanes of at least 4 members (excludes halogenated alkanes) is 1. The van der Waals surface area contributed by atoms with E-state index in [-0.39, 0.29) is 0 Å². The Morgan fingerprint density at radius 2 is 1.45 bits per heavy atom. The molecule has 1 atom stereocenters. The number of sulfone groups is 1. The maximum Gasteiger partial charge on any atom is 0.185 e. The number of rotatable bonds is 6. The normalized spacial score (nSPS) is 13.1. The molecule has 0 saturated heterocycles. The highest BCUT2D eigenvalue weighted by Gasteiger charge is 2.28. The van der Waals surface area contributed by atoms with Gasteiger partial charge in [0.05, 0.1) is 10.1 Å². The van der Waals surface area contributed by atoms with Gasteiger partial charge in [-0.3, -0.25) is 0 Å². The van der Waals surface area contributed by atoms with E-state index in [2.05, 4.69) is 6.92 Å². The van der Waals surface area contributed by atoms with Crippen molar-refractivity contribution < 1.29 is 8.42 Å². The van der Waals surface area contributed by atoms with Crippen LogP contribution < -0.4 is 0 Å². The van der Waals surface area contributed by atoms with Gasteiger partial charge < -0.3 is 0 Å². The van der Waals surface area contributed by atoms with Gasteiger partial charge in [-0.2, -0.15) is 0 Å². The molecule has 2 nitrogen and oxygen atoms in total. The summed E-state index contributed by atoms with van der Waals surface area (Å²) in [5.41, 5.74) is 0.879. The molecule has 0 aliphatic rings. The molecule has 0 bridgehead atoms. The number of benzene rings is 2. The van der Waals surface area contributed by atoms with E-state index < -0.39 is 15.1 Å². The molecule has 2 aromatic rings. The fraction of sp³-hybridized carbons (Fsp3) is 0.294. The molecule has 0 aliphatic carbocycles. The van der Waals surface area contributed by atoms with Crippen molar-refractivity contribution in [1.29, 1.82) is 0 Å². The van der Waals surface area contributed by atoms with E-state index in [1.54, 1.807) is 24.3 Å². The lowest BCUT2D eigenvalue weighted by Crippen LogP contribution is -2.14. The van der Waals surface area contributed by atoms with Crippen LogP contribution in [0.3, 0.4) is 0 Å². The van der Waals surface area contributed by atoms with E-state index >= 15 is 0 Å². The van der Waals surface area contributed by atoms with Crippen LogP contribution in [0.1, 0.15) is 37.0 Å². The minimum Gasteiger partial charge on any atom is -0.223 e. The summed E-state index contributed by atoms with van der Waals surface area (Å²) in [4.78, 5) is 0.407. The lowest BCUT2D eigenvalue weighted by molar-refractivity contribution is 0.568. The Kier molecular flexibility index (Phi) is 4.96. The summed E-state index contributed by atoms with van der Waals surface area (Å²) in [6.07, 6.45) is 2.57. The zero-order valence-electron chi connectivity index (χ0n) is 11.7. The Hall–Kier alpha value is -1.61. The second-order valence-electron chi connectivity index (χ2n) is 4.90. The van der Waals surface area contributed by atoms with E-state index in [9.17, 15) is 8.42 Å². The van der Waals surface area contributed by atoms with E-state index in [1.807, 2.05) is 36.4 Å². The summed E-state index contributed by atoms with van der Waals surface area (Å²) in [5.74, 6) is 0. The summed E-state index contributed by atoms with van der Waals surface area (Å²) < 4.78 is 25.7. The van der Waals surface area contributed by atoms with Crippen molar-refractivity contribution in [3.8, 4) is 0 Å². The summed E-state index contributed by atoms with van der Waals surface area (Å²) in [6.45, 7) is 2.08. The van der Waals surface area contributed by atoms with Gasteiger partial charge in [0.25, 0.3) is 0 Å². The standard InChI is InChI=1S/C17H20O2S/c1-2-3-14-17(15-10-6-4-7-11-15)20(18,19)16-12-8-5-9-13-16/h4-13,17H,2-3,14H2,1H3. The molecule has 106 valence electrons. The average Bonchev–Trinajstić information content (AvgIpc) is 2.49. The van der Waals surface area contributed by atoms with Gasteiger partial charge in [-0.1, -0.05) is 68.3 Å². The molecule has 0 fully saturated rings. The van der Waals surface area contributed by atoms with Crippen LogP contribution in [0.15, 0.2) is 65.6 Å². The Labute approximate surface area is 121 Å². The van der Waals surface area contributed by atoms with E-state index in [0.29, 0.717) is 11.3 Å². The highest BCUT2D eigenvalue weighted by molar-refractivity contribution is 7.91. The zero-order chi connectivity index (χ0) is 14.4. The molecule has 3 heteroatoms. The molecule has 2 aromatic carbocycles. The van der Waals surface area contributed by atoms with Crippen LogP contribution in [0.4, 0.5) is 0 Å². The highest BCUT2D eigenvalue weighted by atomic mass is 32.2. The van der Waals surface area contributed by atoms with Gasteiger partial charge in [0.15, 0.2) is 9.84 Å². The SMILES string of the molecule is CCCCC(c1ccccc1)S(=O)(=O)c1ccccc1. The first kappa shape index (κ1) is 14.8. The monoisotopic (exact) mass is 288 g/mol. The highest BCUT2D eigenvalue weighted by Crippen LogP contribution is 2.32. The van der Waals surface area contributed by atoms with Gasteiger partial charge in [0, 0.05) is 0 Å². The van der Waals surface area contributed by atoms with Crippen LogP contribution in [-0.4, -0.2) is 8.42 Å². The molecular formula is C17H20O2S. The van der Waals surface area contributed by atoms with Gasteiger partial charge in [-0.15, -0.1) is 0 Å². The number of hydrogen-bond donors (Lipinski definition) is 0. The second kappa shape index (κ2) is 6.71. The Morgan fingerprint density at radius 3 is 2.00 bits per heavy atom. The molecule has 0 amide bonds. The number of hydrogen-bond acceptors (Lipinski definition) is 2. The largest absolute Gasteiger partial charge is 0.223 e. The molecule has 0 heterocycles. The smallest absolute Gasteiger partial charge is 0.185 e. The van der Waals surface area contributed by atoms with Crippen LogP contribution in [0.2, 0.25) is 0 Å². The van der Waals surface area contributed by atoms with Gasteiger partial charge in [-0.05, 0) is 24.1 Å². The quantitative estimate of drug-likeness (QED) is 0.790. The van der Waals surface area contributed by atoms with Crippen LogP contribution in [-0.2, 0) is 9.84 Å². The average molecular weight is 288 g/mol. The summed E-state index contributed by atoms with van der Waals surface area (Å²) in [7, 11) is -3.33. The molecule has 0 radical (unpaired) electrons. The molecule has 0 spiro atoms. The van der Waals surface area contributed by atoms with Gasteiger partial charge in [0.2, 0.25) is 0 Å². The van der Waals surface area contributed by atoms with E-state index in [0.717, 1.165) is 18.4 Å². The van der Waals surface area contributed by atoms with Crippen molar-refractivity contribution in [3.63, 3.8) is 0 Å². The van der Waals surface area contributed by atoms with Crippen molar-refractivity contribution in [1.82, 2.24) is 0 Å². The maximum atomic E-state index is 12.8. The third kappa shape index (κ3) is 3.28. The van der Waals surface area contributed by atoms with Gasteiger partial charge in [-0.25, -0.2) is 8.42 Å². The molecule has 20 heavy (non-hydrogen) atoms. The van der Waals surface area contributed by atoms with Crippen LogP contribution in [0.5, 0.6) is 0 Å². The van der Waals surface area contributed by atoms with Gasteiger partial charge in [0.1, 0.15) is 0 Å². The summed E-state index contributed by atoms with van der Waals surface area (Å²) in [6, 6.07) is 18.3. The minimum absolute atomic E-state index is 0.407. The predicted octanol–water partition coefficient (Wildman–Crippen LogP) is 4.39. The van der Waals surface area contributed by atoms with E-state index in [1.165, 1.54) is 0 Å². The zero-order valence-corrected chi connectivity index (χ0v) is 12.5. The summed E-state index contributed by atoms with van der Waals surface area (Å²) >= 11 is 0. The Balaban J connectivity index is 2.41. The molecule has 2 rings (SSSR count). The molecule has 0 aliphatic heterocycles. The Morgan fingerprint density at radius 1 is 0.900 bits per heavy atom. The third-order valence-electron chi connectivity index (χ3n) is 3.44. The van der Waals surface area contributed by atoms with Crippen LogP contribution in [0.25, 0.3) is 0 Å². The molecule has 1 unspecified atom stereocenters. The molecule has 0 N–H and O–H groups in total. The van der Waals surface area contributed by atoms with Gasteiger partial charge >= 0.3 is 0 Å². The molecular weight excluding hydrogens is 268 g/mol. The fourth-order valence-corrected chi connectivity index (χ4v) is 4.19. The first-order chi connectivity index (χ1) is 9.66. The lowest BCUT2D eigenvalue weighted by Gasteiger charge is -2.18. The Bertz CT molecular complexity index is 619. The van der Waals surface area contributed by atoms with E-state index in [4.69, 9.17) is 0 Å². The van der Waals surface area contributed by atoms with Crippen molar-refractivity contribution in [3.05, 3.63) is 66.2 Å². The van der Waals surface area contributed by atoms with Crippen molar-refractivity contribution in [2.45, 2.75) is 36.3 Å². The summed E-state index contributed by atoms with van der Waals surface area (Å²) in [5, 5.41) is -0.453. The molecule has 0 aromatic heterocycles. The lowest BCUT2D eigenvalue weighted by atomic mass is 10.1.